The maximum Gasteiger partial charge on any atom is 0.341 e. The van der Waals surface area contributed by atoms with Gasteiger partial charge in [0.25, 0.3) is 5.89 Å². The van der Waals surface area contributed by atoms with E-state index in [0.717, 1.165) is 16.5 Å². The Labute approximate surface area is 143 Å². The van der Waals surface area contributed by atoms with Gasteiger partial charge in [0.15, 0.2) is 6.10 Å². The molecule has 2 heterocycles. The van der Waals surface area contributed by atoms with Gasteiger partial charge in [-0.3, -0.25) is 0 Å². The van der Waals surface area contributed by atoms with Crippen molar-refractivity contribution in [1.82, 2.24) is 15.2 Å². The molecule has 6 heteroatoms. The van der Waals surface area contributed by atoms with E-state index in [-0.39, 0.29) is 5.89 Å². The maximum atomic E-state index is 12.4. The van der Waals surface area contributed by atoms with Gasteiger partial charge in [0.2, 0.25) is 5.89 Å². The lowest BCUT2D eigenvalue weighted by molar-refractivity contribution is 0.0282. The van der Waals surface area contributed by atoms with Crippen LogP contribution >= 0.6 is 0 Å². The highest BCUT2D eigenvalue weighted by Crippen LogP contribution is 2.24. The van der Waals surface area contributed by atoms with Gasteiger partial charge in [0.1, 0.15) is 0 Å². The molecule has 0 radical (unpaired) electrons. The van der Waals surface area contributed by atoms with Crippen LogP contribution in [0.15, 0.2) is 65.2 Å². The fourth-order valence-corrected chi connectivity index (χ4v) is 2.61. The third-order valence-electron chi connectivity index (χ3n) is 3.90. The average molecular weight is 333 g/mol. The number of carbonyl (C=O) groups is 1. The molecule has 0 aliphatic carbocycles. The van der Waals surface area contributed by atoms with Crippen molar-refractivity contribution < 1.29 is 13.9 Å². The summed E-state index contributed by atoms with van der Waals surface area (Å²) in [6.07, 6.45) is 0.995. The molecule has 4 rings (SSSR count). The molecule has 4 aromatic rings. The molecule has 0 saturated heterocycles. The molecule has 0 fully saturated rings. The van der Waals surface area contributed by atoms with Crippen LogP contribution < -0.4 is 0 Å². The van der Waals surface area contributed by atoms with Crippen LogP contribution in [0.5, 0.6) is 0 Å². The highest BCUT2D eigenvalue weighted by Gasteiger charge is 2.21. The standard InChI is InChI=1S/C19H15N3O3/c1-12(17-21-22-18(25-17)13-7-3-2-4-8-13)24-19(23)15-11-20-16-10-6-5-9-14(15)16/h2-12,20H,1H3. The van der Waals surface area contributed by atoms with Gasteiger partial charge in [-0.15, -0.1) is 10.2 Å². The zero-order valence-corrected chi connectivity index (χ0v) is 13.5. The summed E-state index contributed by atoms with van der Waals surface area (Å²) in [5.74, 6) is 0.210. The Kier molecular flexibility index (Phi) is 3.78. The number of hydrogen-bond donors (Lipinski definition) is 1. The van der Waals surface area contributed by atoms with E-state index in [1.165, 1.54) is 0 Å². The van der Waals surface area contributed by atoms with Gasteiger partial charge in [-0.25, -0.2) is 4.79 Å². The minimum Gasteiger partial charge on any atom is -0.449 e. The van der Waals surface area contributed by atoms with E-state index in [9.17, 15) is 4.79 Å². The number of nitrogens with one attached hydrogen (secondary N) is 1. The molecule has 1 atom stereocenters. The first-order valence-electron chi connectivity index (χ1n) is 7.88. The summed E-state index contributed by atoms with van der Waals surface area (Å²) >= 11 is 0. The summed E-state index contributed by atoms with van der Waals surface area (Å²) in [5, 5.41) is 8.82. The molecular weight excluding hydrogens is 318 g/mol. The quantitative estimate of drug-likeness (QED) is 0.568. The Morgan fingerprint density at radius 2 is 1.84 bits per heavy atom. The summed E-state index contributed by atoms with van der Waals surface area (Å²) in [6, 6.07) is 17.0. The third kappa shape index (κ3) is 2.89. The van der Waals surface area contributed by atoms with Crippen LogP contribution in [0.3, 0.4) is 0 Å². The number of fused-ring (bicyclic) bond motifs is 1. The van der Waals surface area contributed by atoms with E-state index < -0.39 is 12.1 Å². The summed E-state index contributed by atoms with van der Waals surface area (Å²) in [6.45, 7) is 1.70. The van der Waals surface area contributed by atoms with Crippen LogP contribution in [-0.4, -0.2) is 21.2 Å². The van der Waals surface area contributed by atoms with Crippen LogP contribution in [0.2, 0.25) is 0 Å². The number of rotatable bonds is 4. The molecule has 0 aliphatic heterocycles. The topological polar surface area (TPSA) is 81.0 Å². The molecule has 0 amide bonds. The van der Waals surface area contributed by atoms with Gasteiger partial charge in [0, 0.05) is 22.7 Å². The molecule has 124 valence electrons. The van der Waals surface area contributed by atoms with Crippen molar-refractivity contribution in [1.29, 1.82) is 0 Å². The zero-order valence-electron chi connectivity index (χ0n) is 13.5. The Bertz CT molecular complexity index is 1020. The minimum atomic E-state index is -0.647. The van der Waals surface area contributed by atoms with Crippen molar-refractivity contribution >= 4 is 16.9 Å². The van der Waals surface area contributed by atoms with Crippen molar-refractivity contribution in [2.75, 3.05) is 0 Å². The van der Waals surface area contributed by atoms with Crippen molar-refractivity contribution in [2.24, 2.45) is 0 Å². The second-order valence-corrected chi connectivity index (χ2v) is 5.61. The summed E-state index contributed by atoms with van der Waals surface area (Å²) in [7, 11) is 0. The second-order valence-electron chi connectivity index (χ2n) is 5.61. The van der Waals surface area contributed by atoms with Gasteiger partial charge in [-0.1, -0.05) is 36.4 Å². The summed E-state index contributed by atoms with van der Waals surface area (Å²) in [4.78, 5) is 15.5. The summed E-state index contributed by atoms with van der Waals surface area (Å²) in [5.41, 5.74) is 2.17. The van der Waals surface area contributed by atoms with Crippen LogP contribution in [-0.2, 0) is 4.74 Å². The van der Waals surface area contributed by atoms with Crippen LogP contribution in [0.1, 0.15) is 29.3 Å². The molecule has 1 unspecified atom stereocenters. The molecule has 25 heavy (non-hydrogen) atoms. The first kappa shape index (κ1) is 15.1. The van der Waals surface area contributed by atoms with Gasteiger partial charge in [-0.2, -0.15) is 0 Å². The number of hydrogen-bond acceptors (Lipinski definition) is 5. The third-order valence-corrected chi connectivity index (χ3v) is 3.90. The van der Waals surface area contributed by atoms with E-state index in [0.29, 0.717) is 11.5 Å². The highest BCUT2D eigenvalue weighted by atomic mass is 16.6. The molecule has 0 saturated carbocycles. The second kappa shape index (κ2) is 6.24. The first-order valence-corrected chi connectivity index (χ1v) is 7.88. The Morgan fingerprint density at radius 3 is 2.68 bits per heavy atom. The number of para-hydroxylation sites is 1. The van der Waals surface area contributed by atoms with Gasteiger partial charge in [0.05, 0.1) is 5.56 Å². The molecule has 1 N–H and O–H groups in total. The molecule has 2 aromatic carbocycles. The largest absolute Gasteiger partial charge is 0.449 e. The monoisotopic (exact) mass is 333 g/mol. The number of esters is 1. The van der Waals surface area contributed by atoms with Crippen LogP contribution in [0, 0.1) is 0 Å². The van der Waals surface area contributed by atoms with Gasteiger partial charge >= 0.3 is 5.97 Å². The lowest BCUT2D eigenvalue weighted by Gasteiger charge is -2.08. The Morgan fingerprint density at radius 1 is 1.08 bits per heavy atom. The normalized spacial score (nSPS) is 12.2. The average Bonchev–Trinajstić information content (AvgIpc) is 3.30. The lowest BCUT2D eigenvalue weighted by atomic mass is 10.2. The highest BCUT2D eigenvalue weighted by molar-refractivity contribution is 6.04. The number of carbonyl (C=O) groups excluding carboxylic acids is 1. The number of ether oxygens (including phenoxy) is 1. The molecule has 0 bridgehead atoms. The number of H-pyrrole nitrogens is 1. The first-order chi connectivity index (χ1) is 12.2. The van der Waals surface area contributed by atoms with E-state index in [1.54, 1.807) is 13.1 Å². The number of nitrogens with zero attached hydrogens (tertiary/aromatic N) is 2. The molecule has 2 aromatic heterocycles. The van der Waals surface area contributed by atoms with Crippen molar-refractivity contribution in [2.45, 2.75) is 13.0 Å². The van der Waals surface area contributed by atoms with E-state index in [1.807, 2.05) is 54.6 Å². The zero-order chi connectivity index (χ0) is 17.2. The molecule has 0 aliphatic rings. The van der Waals surface area contributed by atoms with E-state index in [4.69, 9.17) is 9.15 Å². The SMILES string of the molecule is CC(OC(=O)c1c[nH]c2ccccc12)c1nnc(-c2ccccc2)o1. The minimum absolute atomic E-state index is 0.257. The Balaban J connectivity index is 1.53. The van der Waals surface area contributed by atoms with Crippen molar-refractivity contribution in [3.8, 4) is 11.5 Å². The van der Waals surface area contributed by atoms with E-state index in [2.05, 4.69) is 15.2 Å². The van der Waals surface area contributed by atoms with Crippen LogP contribution in [0.4, 0.5) is 0 Å². The lowest BCUT2D eigenvalue weighted by Crippen LogP contribution is -2.09. The molecular formula is C19H15N3O3. The number of benzene rings is 2. The number of aromatic amines is 1. The van der Waals surface area contributed by atoms with E-state index >= 15 is 0 Å². The summed E-state index contributed by atoms with van der Waals surface area (Å²) < 4.78 is 11.1. The fraction of sp³-hybridized carbons (Fsp3) is 0.105. The predicted octanol–water partition coefficient (Wildman–Crippen LogP) is 4.14. The van der Waals surface area contributed by atoms with Gasteiger partial charge in [-0.05, 0) is 25.1 Å². The van der Waals surface area contributed by atoms with Crippen molar-refractivity contribution in [3.63, 3.8) is 0 Å². The smallest absolute Gasteiger partial charge is 0.341 e. The Hall–Kier alpha value is -3.41. The van der Waals surface area contributed by atoms with Gasteiger partial charge < -0.3 is 14.1 Å². The van der Waals surface area contributed by atoms with Crippen molar-refractivity contribution in [3.05, 3.63) is 72.2 Å². The number of aromatic nitrogens is 3. The predicted molar refractivity (Wildman–Crippen MR) is 91.9 cm³/mol. The molecule has 0 spiro atoms. The van der Waals surface area contributed by atoms with Crippen LogP contribution in [0.25, 0.3) is 22.4 Å². The maximum absolute atomic E-state index is 12.4. The molecule has 6 nitrogen and oxygen atoms in total. The fourth-order valence-electron chi connectivity index (χ4n) is 2.61.